The molecule has 0 aliphatic heterocycles. The summed E-state index contributed by atoms with van der Waals surface area (Å²) in [5, 5.41) is 4.91. The van der Waals surface area contributed by atoms with Gasteiger partial charge in [0.2, 0.25) is 0 Å². The molecule has 0 bridgehead atoms. The van der Waals surface area contributed by atoms with Crippen molar-refractivity contribution >= 4 is 49.8 Å². The molecule has 1 saturated carbocycles. The molecule has 1 aliphatic carbocycles. The average Bonchev–Trinajstić information content (AvgIpc) is 3.63. The largest absolute Gasteiger partial charge is 0.456 e. The third-order valence-corrected chi connectivity index (χ3v) is 11.5. The summed E-state index contributed by atoms with van der Waals surface area (Å²) >= 11 is 0. The van der Waals surface area contributed by atoms with E-state index in [0.717, 1.165) is 33.3 Å². The molecule has 8 aromatic carbocycles. The van der Waals surface area contributed by atoms with Crippen molar-refractivity contribution in [2.45, 2.75) is 38.0 Å². The molecule has 0 saturated heterocycles. The highest BCUT2D eigenvalue weighted by atomic mass is 16.3. The average molecular weight is 696 g/mol. The fourth-order valence-electron chi connectivity index (χ4n) is 8.92. The number of furan rings is 1. The lowest BCUT2D eigenvalue weighted by Gasteiger charge is -2.29. The molecule has 0 spiro atoms. The lowest BCUT2D eigenvalue weighted by molar-refractivity contribution is 0.445. The van der Waals surface area contributed by atoms with Gasteiger partial charge in [-0.25, -0.2) is 0 Å². The topological polar surface area (TPSA) is 16.4 Å². The quantitative estimate of drug-likeness (QED) is 0.165. The van der Waals surface area contributed by atoms with Crippen molar-refractivity contribution in [3.05, 3.63) is 188 Å². The lowest BCUT2D eigenvalue weighted by atomic mass is 9.82. The summed E-state index contributed by atoms with van der Waals surface area (Å²) in [5.74, 6) is 0.612. The SMILES string of the molecule is c1ccc(-c2cccc(-c3ccccc3)c2-c2ccc(N(c3ccc4c(c3)oc3ccccc34)c3cccc4c(C5CCCCC5)cccc34)cc2)cc1. The molecule has 54 heavy (non-hydrogen) atoms. The molecule has 1 heterocycles. The van der Waals surface area contributed by atoms with E-state index < -0.39 is 0 Å². The van der Waals surface area contributed by atoms with Gasteiger partial charge in [0.15, 0.2) is 0 Å². The van der Waals surface area contributed by atoms with E-state index in [1.165, 1.54) is 87.5 Å². The van der Waals surface area contributed by atoms with Crippen LogP contribution in [0.15, 0.2) is 186 Å². The van der Waals surface area contributed by atoms with Gasteiger partial charge >= 0.3 is 0 Å². The summed E-state index contributed by atoms with van der Waals surface area (Å²) in [6, 6.07) is 66.2. The van der Waals surface area contributed by atoms with Gasteiger partial charge in [-0.3, -0.25) is 0 Å². The first-order chi connectivity index (χ1) is 26.8. The first kappa shape index (κ1) is 32.3. The van der Waals surface area contributed by atoms with Gasteiger partial charge in [0.05, 0.1) is 5.69 Å². The van der Waals surface area contributed by atoms with Crippen molar-refractivity contribution in [1.82, 2.24) is 0 Å². The zero-order chi connectivity index (χ0) is 35.8. The molecule has 10 rings (SSSR count). The standard InChI is InChI=1S/C52H41NO/c1-4-15-36(16-5-1)42-22-12-26-46-45(42)25-14-27-49(46)53(41-33-34-48-47-21-10-11-28-50(47)54-51(48)35-41)40-31-29-39(30-32-40)52-43(37-17-6-2-7-18-37)23-13-24-44(52)38-19-8-3-9-20-38/h2-3,6-14,17-36H,1,4-5,15-16H2. The Morgan fingerprint density at radius 2 is 1.00 bits per heavy atom. The number of anilines is 3. The molecule has 0 radical (unpaired) electrons. The fourth-order valence-corrected chi connectivity index (χ4v) is 8.92. The Balaban J connectivity index is 1.16. The minimum atomic E-state index is 0.612. The van der Waals surface area contributed by atoms with Crippen LogP contribution in [0.25, 0.3) is 66.1 Å². The molecule has 1 fully saturated rings. The second-order valence-corrected chi connectivity index (χ2v) is 14.7. The van der Waals surface area contributed by atoms with Crippen molar-refractivity contribution in [2.24, 2.45) is 0 Å². The monoisotopic (exact) mass is 695 g/mol. The van der Waals surface area contributed by atoms with Gasteiger partial charge < -0.3 is 9.32 Å². The van der Waals surface area contributed by atoms with Gasteiger partial charge in [-0.1, -0.05) is 159 Å². The fraction of sp³-hybridized carbons (Fsp3) is 0.115. The van der Waals surface area contributed by atoms with Crippen LogP contribution in [0.4, 0.5) is 17.1 Å². The Morgan fingerprint density at radius 1 is 0.407 bits per heavy atom. The van der Waals surface area contributed by atoms with E-state index in [-0.39, 0.29) is 0 Å². The number of hydrogen-bond acceptors (Lipinski definition) is 2. The van der Waals surface area contributed by atoms with E-state index in [4.69, 9.17) is 4.42 Å². The summed E-state index contributed by atoms with van der Waals surface area (Å²) in [6.45, 7) is 0. The Kier molecular flexibility index (Phi) is 8.30. The van der Waals surface area contributed by atoms with Gasteiger partial charge in [0.1, 0.15) is 11.2 Å². The molecular weight excluding hydrogens is 655 g/mol. The van der Waals surface area contributed by atoms with Crippen LogP contribution >= 0.6 is 0 Å². The minimum absolute atomic E-state index is 0.612. The number of rotatable bonds is 7. The van der Waals surface area contributed by atoms with Gasteiger partial charge in [0.25, 0.3) is 0 Å². The molecule has 9 aromatic rings. The minimum Gasteiger partial charge on any atom is -0.456 e. The number of benzene rings is 8. The van der Waals surface area contributed by atoms with Crippen molar-refractivity contribution in [3.8, 4) is 33.4 Å². The zero-order valence-electron chi connectivity index (χ0n) is 30.3. The second-order valence-electron chi connectivity index (χ2n) is 14.7. The van der Waals surface area contributed by atoms with E-state index in [1.807, 2.05) is 6.07 Å². The predicted molar refractivity (Wildman–Crippen MR) is 228 cm³/mol. The molecule has 2 nitrogen and oxygen atoms in total. The van der Waals surface area contributed by atoms with Crippen LogP contribution in [0.3, 0.4) is 0 Å². The first-order valence-corrected chi connectivity index (χ1v) is 19.4. The van der Waals surface area contributed by atoms with Crippen LogP contribution in [-0.2, 0) is 0 Å². The van der Waals surface area contributed by atoms with Crippen LogP contribution in [0.1, 0.15) is 43.6 Å². The Bertz CT molecular complexity index is 2680. The van der Waals surface area contributed by atoms with Crippen LogP contribution < -0.4 is 4.90 Å². The van der Waals surface area contributed by atoms with E-state index in [1.54, 1.807) is 0 Å². The Hall–Kier alpha value is -6.38. The number of fused-ring (bicyclic) bond motifs is 4. The molecular formula is C52H41NO. The van der Waals surface area contributed by atoms with E-state index in [2.05, 4.69) is 181 Å². The summed E-state index contributed by atoms with van der Waals surface area (Å²) in [7, 11) is 0. The molecule has 0 amide bonds. The first-order valence-electron chi connectivity index (χ1n) is 19.4. The maximum atomic E-state index is 6.46. The predicted octanol–water partition coefficient (Wildman–Crippen LogP) is 15.3. The molecule has 0 unspecified atom stereocenters. The summed E-state index contributed by atoms with van der Waals surface area (Å²) in [4.78, 5) is 2.42. The van der Waals surface area contributed by atoms with Gasteiger partial charge in [-0.15, -0.1) is 0 Å². The normalized spacial score (nSPS) is 13.5. The van der Waals surface area contributed by atoms with Crippen LogP contribution in [-0.4, -0.2) is 0 Å². The summed E-state index contributed by atoms with van der Waals surface area (Å²) < 4.78 is 6.46. The maximum Gasteiger partial charge on any atom is 0.137 e. The number of nitrogens with zero attached hydrogens (tertiary/aromatic N) is 1. The molecule has 0 N–H and O–H groups in total. The molecule has 0 atom stereocenters. The maximum absolute atomic E-state index is 6.46. The third kappa shape index (κ3) is 5.76. The highest BCUT2D eigenvalue weighted by Crippen LogP contribution is 2.46. The van der Waals surface area contributed by atoms with E-state index >= 15 is 0 Å². The van der Waals surface area contributed by atoms with Gasteiger partial charge in [-0.2, -0.15) is 0 Å². The van der Waals surface area contributed by atoms with Crippen LogP contribution in [0.5, 0.6) is 0 Å². The highest BCUT2D eigenvalue weighted by molar-refractivity contribution is 6.07. The van der Waals surface area contributed by atoms with Crippen LogP contribution in [0, 0.1) is 0 Å². The zero-order valence-corrected chi connectivity index (χ0v) is 30.3. The molecule has 260 valence electrons. The Labute approximate surface area is 316 Å². The van der Waals surface area contributed by atoms with E-state index in [9.17, 15) is 0 Å². The van der Waals surface area contributed by atoms with Crippen molar-refractivity contribution in [2.75, 3.05) is 4.90 Å². The highest BCUT2D eigenvalue weighted by Gasteiger charge is 2.22. The number of para-hydroxylation sites is 1. The van der Waals surface area contributed by atoms with Crippen molar-refractivity contribution < 1.29 is 4.42 Å². The summed E-state index contributed by atoms with van der Waals surface area (Å²) in [6.07, 6.45) is 6.52. The molecule has 2 heteroatoms. The third-order valence-electron chi connectivity index (χ3n) is 11.5. The second kappa shape index (κ2) is 13.9. The number of hydrogen-bond donors (Lipinski definition) is 0. The van der Waals surface area contributed by atoms with Crippen LogP contribution in [0.2, 0.25) is 0 Å². The molecule has 1 aromatic heterocycles. The Morgan fingerprint density at radius 3 is 1.74 bits per heavy atom. The van der Waals surface area contributed by atoms with E-state index in [0.29, 0.717) is 5.92 Å². The van der Waals surface area contributed by atoms with Crippen molar-refractivity contribution in [1.29, 1.82) is 0 Å². The van der Waals surface area contributed by atoms with Gasteiger partial charge in [0, 0.05) is 33.6 Å². The summed E-state index contributed by atoms with van der Waals surface area (Å²) in [5.41, 5.74) is 13.9. The smallest absolute Gasteiger partial charge is 0.137 e. The lowest BCUT2D eigenvalue weighted by Crippen LogP contribution is -2.11. The van der Waals surface area contributed by atoms with Gasteiger partial charge in [-0.05, 0) is 99.5 Å². The van der Waals surface area contributed by atoms with Crippen molar-refractivity contribution in [3.63, 3.8) is 0 Å². The molecule has 1 aliphatic rings.